The lowest BCUT2D eigenvalue weighted by molar-refractivity contribution is 0.721. The van der Waals surface area contributed by atoms with Gasteiger partial charge in [0.2, 0.25) is 0 Å². The molecule has 254 valence electrons. The van der Waals surface area contributed by atoms with Crippen molar-refractivity contribution in [3.8, 4) is 22.4 Å². The molecule has 2 heteroatoms. The Labute approximate surface area is 308 Å². The van der Waals surface area contributed by atoms with E-state index in [1.165, 1.54) is 66.8 Å². The molecule has 2 nitrogen and oxygen atoms in total. The Morgan fingerprint density at radius 1 is 0.731 bits per heavy atom. The van der Waals surface area contributed by atoms with Crippen LogP contribution in [0, 0.1) is 5.92 Å². The third-order valence-corrected chi connectivity index (χ3v) is 11.3. The highest BCUT2D eigenvalue weighted by Crippen LogP contribution is 2.42. The number of fused-ring (bicyclic) bond motifs is 6. The Morgan fingerprint density at radius 2 is 1.58 bits per heavy atom. The quantitative estimate of drug-likeness (QED) is 0.149. The fourth-order valence-corrected chi connectivity index (χ4v) is 8.82. The van der Waals surface area contributed by atoms with E-state index >= 15 is 0 Å². The van der Waals surface area contributed by atoms with Crippen molar-refractivity contribution in [1.29, 1.82) is 0 Å². The molecule has 0 amide bonds. The van der Waals surface area contributed by atoms with E-state index < -0.39 is 0 Å². The zero-order valence-corrected chi connectivity index (χ0v) is 29.7. The first-order valence-electron chi connectivity index (χ1n) is 18.9. The number of aromatic nitrogens is 1. The molecule has 1 aromatic heterocycles. The maximum atomic E-state index is 4.23. The van der Waals surface area contributed by atoms with Crippen LogP contribution in [0.3, 0.4) is 0 Å². The number of hydrogen-bond acceptors (Lipinski definition) is 1. The van der Waals surface area contributed by atoms with Gasteiger partial charge in [-0.2, -0.15) is 0 Å². The predicted octanol–water partition coefficient (Wildman–Crippen LogP) is 12.5. The minimum absolute atomic E-state index is 0.124. The van der Waals surface area contributed by atoms with E-state index in [-0.39, 0.29) is 6.04 Å². The van der Waals surface area contributed by atoms with Crippen LogP contribution in [0.5, 0.6) is 0 Å². The third kappa shape index (κ3) is 5.79. The minimum atomic E-state index is 0.124. The van der Waals surface area contributed by atoms with Crippen molar-refractivity contribution in [2.45, 2.75) is 44.6 Å². The fourth-order valence-electron chi connectivity index (χ4n) is 8.82. The first-order valence-corrected chi connectivity index (χ1v) is 18.9. The maximum absolute atomic E-state index is 4.23. The highest BCUT2D eigenvalue weighted by atomic mass is 15.2. The summed E-state index contributed by atoms with van der Waals surface area (Å²) in [4.78, 5) is 2.55. The molecule has 4 aliphatic rings. The number of anilines is 1. The molecule has 0 spiro atoms. The van der Waals surface area contributed by atoms with Crippen LogP contribution >= 0.6 is 0 Å². The van der Waals surface area contributed by atoms with Crippen LogP contribution in [-0.2, 0) is 19.3 Å². The summed E-state index contributed by atoms with van der Waals surface area (Å²) in [6.45, 7) is 4.23. The van der Waals surface area contributed by atoms with Crippen LogP contribution in [0.2, 0.25) is 0 Å². The zero-order valence-electron chi connectivity index (χ0n) is 29.7. The fraction of sp³-hybridized carbons (Fsp3) is 0.160. The Hall–Kier alpha value is -5.86. The summed E-state index contributed by atoms with van der Waals surface area (Å²) in [6, 6.07) is 33.7. The topological polar surface area (TPSA) is 8.17 Å². The number of benzene rings is 4. The molecule has 0 radical (unpaired) electrons. The van der Waals surface area contributed by atoms with Gasteiger partial charge in [-0.15, -0.1) is 0 Å². The molecule has 9 rings (SSSR count). The number of nitrogens with zero attached hydrogens (tertiary/aromatic N) is 2. The molecule has 0 N–H and O–H groups in total. The van der Waals surface area contributed by atoms with Crippen molar-refractivity contribution in [2.24, 2.45) is 5.92 Å². The molecule has 2 unspecified atom stereocenters. The van der Waals surface area contributed by atoms with Crippen LogP contribution in [0.1, 0.15) is 41.5 Å². The Kier molecular flexibility index (Phi) is 8.66. The molecule has 52 heavy (non-hydrogen) atoms. The van der Waals surface area contributed by atoms with E-state index in [9.17, 15) is 0 Å². The standard InChI is InChI=1S/C50H44N2/c1-2-15-40(34-35-51-48-26-12-10-24-46(48)47-33-30-39-19-7-9-22-43(39)50(47)51)52(41-31-28-37(29-32-41)36-16-4-3-5-17-36)49-27-13-11-23-45(49)44-25-14-20-38-18-6-8-21-42(38)44/h2-7,9-16,18-20,22-29,31,34-36,41H,1,8,17,21,30,32-33H2/b35-34-,40-15+. The van der Waals surface area contributed by atoms with Crippen molar-refractivity contribution in [2.75, 3.05) is 4.90 Å². The molecule has 4 aliphatic carbocycles. The molecule has 0 aliphatic heterocycles. The summed E-state index contributed by atoms with van der Waals surface area (Å²) >= 11 is 0. The van der Waals surface area contributed by atoms with Gasteiger partial charge in [-0.1, -0.05) is 146 Å². The smallest absolute Gasteiger partial charge is 0.0569 e. The van der Waals surface area contributed by atoms with Gasteiger partial charge in [-0.05, 0) is 96.2 Å². The number of allylic oxidation sites excluding steroid dienone is 10. The lowest BCUT2D eigenvalue weighted by Gasteiger charge is -2.36. The van der Waals surface area contributed by atoms with Crippen LogP contribution < -0.4 is 4.90 Å². The molecular weight excluding hydrogens is 629 g/mol. The summed E-state index contributed by atoms with van der Waals surface area (Å²) in [7, 11) is 0. The Bertz CT molecular complexity index is 2400. The van der Waals surface area contributed by atoms with E-state index in [4.69, 9.17) is 0 Å². The SMILES string of the molecule is C=C/C=C(\C=C/n1c2c(c3ccccc31)CCc1ccccc1-2)N(c1ccccc1-c1cccc2c1CCC=C2)C1C=CC(C2C=CC=CC2)=CC1. The van der Waals surface area contributed by atoms with Crippen LogP contribution in [0.25, 0.3) is 45.6 Å². The Morgan fingerprint density at radius 3 is 2.44 bits per heavy atom. The molecule has 4 aromatic carbocycles. The monoisotopic (exact) mass is 672 g/mol. The number of hydrogen-bond donors (Lipinski definition) is 0. The summed E-state index contributed by atoms with van der Waals surface area (Å²) in [5, 5.41) is 1.34. The lowest BCUT2D eigenvalue weighted by atomic mass is 9.86. The van der Waals surface area contributed by atoms with Gasteiger partial charge in [0.1, 0.15) is 0 Å². The van der Waals surface area contributed by atoms with Gasteiger partial charge in [0.05, 0.1) is 17.3 Å². The number of para-hydroxylation sites is 2. The summed E-state index contributed by atoms with van der Waals surface area (Å²) in [6.07, 6.45) is 35.8. The van der Waals surface area contributed by atoms with Gasteiger partial charge in [-0.25, -0.2) is 0 Å². The molecule has 0 saturated heterocycles. The van der Waals surface area contributed by atoms with Gasteiger partial charge in [0, 0.05) is 40.0 Å². The van der Waals surface area contributed by atoms with Gasteiger partial charge in [-0.3, -0.25) is 0 Å². The van der Waals surface area contributed by atoms with Gasteiger partial charge in [0.25, 0.3) is 0 Å². The summed E-state index contributed by atoms with van der Waals surface area (Å²) in [5.74, 6) is 0.436. The highest BCUT2D eigenvalue weighted by molar-refractivity contribution is 5.95. The van der Waals surface area contributed by atoms with Crippen LogP contribution in [-0.4, -0.2) is 10.6 Å². The average molecular weight is 673 g/mol. The van der Waals surface area contributed by atoms with Crippen molar-refractivity contribution in [1.82, 2.24) is 4.57 Å². The second-order valence-electron chi connectivity index (χ2n) is 14.2. The first kappa shape index (κ1) is 32.1. The van der Waals surface area contributed by atoms with E-state index in [1.54, 1.807) is 0 Å². The van der Waals surface area contributed by atoms with Crippen molar-refractivity contribution in [3.63, 3.8) is 0 Å². The molecule has 0 fully saturated rings. The number of rotatable bonds is 8. The van der Waals surface area contributed by atoms with E-state index in [0.29, 0.717) is 5.92 Å². The summed E-state index contributed by atoms with van der Waals surface area (Å²) < 4.78 is 2.43. The maximum Gasteiger partial charge on any atom is 0.0569 e. The first-order chi connectivity index (χ1) is 25.8. The third-order valence-electron chi connectivity index (χ3n) is 11.3. The second-order valence-corrected chi connectivity index (χ2v) is 14.2. The molecular formula is C50H44N2. The number of aryl methyl sites for hydroxylation is 2. The van der Waals surface area contributed by atoms with E-state index in [1.807, 2.05) is 6.08 Å². The molecule has 0 bridgehead atoms. The molecule has 5 aromatic rings. The largest absolute Gasteiger partial charge is 0.334 e. The lowest BCUT2D eigenvalue weighted by Crippen LogP contribution is -2.34. The van der Waals surface area contributed by atoms with Gasteiger partial charge in [0.15, 0.2) is 0 Å². The van der Waals surface area contributed by atoms with Gasteiger partial charge >= 0.3 is 0 Å². The highest BCUT2D eigenvalue weighted by Gasteiger charge is 2.27. The van der Waals surface area contributed by atoms with Crippen molar-refractivity contribution < 1.29 is 0 Å². The van der Waals surface area contributed by atoms with E-state index in [0.717, 1.165) is 44.2 Å². The minimum Gasteiger partial charge on any atom is -0.334 e. The van der Waals surface area contributed by atoms with Crippen molar-refractivity contribution >= 4 is 28.9 Å². The van der Waals surface area contributed by atoms with E-state index in [2.05, 4.69) is 180 Å². The van der Waals surface area contributed by atoms with Crippen molar-refractivity contribution in [3.05, 3.63) is 198 Å². The van der Waals surface area contributed by atoms with Crippen LogP contribution in [0.15, 0.2) is 176 Å². The molecule has 0 saturated carbocycles. The molecule has 1 heterocycles. The Balaban J connectivity index is 1.19. The predicted molar refractivity (Wildman–Crippen MR) is 222 cm³/mol. The zero-order chi connectivity index (χ0) is 34.9. The average Bonchev–Trinajstić information content (AvgIpc) is 3.54. The van der Waals surface area contributed by atoms with Gasteiger partial charge < -0.3 is 9.47 Å². The van der Waals surface area contributed by atoms with Crippen LogP contribution in [0.4, 0.5) is 5.69 Å². The second kappa shape index (κ2) is 14.0. The summed E-state index contributed by atoms with van der Waals surface area (Å²) in [5.41, 5.74) is 15.8. The molecule has 2 atom stereocenters. The normalized spacial score (nSPS) is 19.0.